The van der Waals surface area contributed by atoms with Crippen LogP contribution in [-0.2, 0) is 78.9 Å². The summed E-state index contributed by atoms with van der Waals surface area (Å²) in [5.74, 6) is -10.5. The minimum absolute atomic E-state index is 0.0486. The van der Waals surface area contributed by atoms with Crippen molar-refractivity contribution >= 4 is 59.1 Å². The Balaban J connectivity index is 2.04. The van der Waals surface area contributed by atoms with Gasteiger partial charge in [-0.05, 0) is 47.8 Å². The summed E-state index contributed by atoms with van der Waals surface area (Å²) in [6.45, 7) is 12.4. The van der Waals surface area contributed by atoms with Gasteiger partial charge in [0, 0.05) is 31.2 Å². The predicted molar refractivity (Wildman–Crippen MR) is 265 cm³/mol. The highest BCUT2D eigenvalue weighted by atomic mass is 16.5. The predicted octanol–water partition coefficient (Wildman–Crippen LogP) is 1.74. The molecule has 398 valence electrons. The van der Waals surface area contributed by atoms with Crippen LogP contribution in [0.1, 0.15) is 109 Å². The number of unbranched alkanes of at least 4 members (excludes halogenated alkanes) is 1. The molecule has 10 N–H and O–H groups in total. The average Bonchev–Trinajstić information content (AvgIpc) is 3.76. The number of rotatable bonds is 31. The second-order valence-electron chi connectivity index (χ2n) is 19.3. The van der Waals surface area contributed by atoms with E-state index in [1.54, 1.807) is 56.5 Å². The van der Waals surface area contributed by atoms with Crippen molar-refractivity contribution in [2.45, 2.75) is 156 Å². The summed E-state index contributed by atoms with van der Waals surface area (Å²) in [5, 5.41) is 34.3. The van der Waals surface area contributed by atoms with Gasteiger partial charge >= 0.3 is 11.9 Å². The fourth-order valence-electron chi connectivity index (χ4n) is 7.57. The number of hydrogen-bond acceptors (Lipinski definition) is 12. The van der Waals surface area contributed by atoms with E-state index in [4.69, 9.17) is 15.6 Å². The van der Waals surface area contributed by atoms with E-state index in [0.717, 1.165) is 11.1 Å². The minimum atomic E-state index is -1.77. The first-order chi connectivity index (χ1) is 34.4. The molecule has 0 unspecified atom stereocenters. The Morgan fingerprint density at radius 2 is 1.27 bits per heavy atom. The molecule has 0 aliphatic carbocycles. The van der Waals surface area contributed by atoms with Crippen LogP contribution in [0.15, 0.2) is 67.1 Å². The number of aryl methyl sites for hydroxylation is 1. The number of carbonyl (C=O) groups is 10. The zero-order valence-electron chi connectivity index (χ0n) is 42.5. The van der Waals surface area contributed by atoms with Crippen LogP contribution in [0.5, 0.6) is 0 Å². The number of imidazole rings is 1. The monoisotopic (exact) mass is 1020 g/mol. The molecule has 1 heterocycles. The van der Waals surface area contributed by atoms with Crippen molar-refractivity contribution in [3.63, 3.8) is 0 Å². The highest BCUT2D eigenvalue weighted by Crippen LogP contribution is 2.21. The van der Waals surface area contributed by atoms with Crippen molar-refractivity contribution in [2.24, 2.45) is 17.1 Å². The topological polar surface area (TPSA) is 336 Å². The maximum atomic E-state index is 14.7. The summed E-state index contributed by atoms with van der Waals surface area (Å²) in [4.78, 5) is 136. The van der Waals surface area contributed by atoms with E-state index in [9.17, 15) is 53.1 Å². The van der Waals surface area contributed by atoms with Crippen molar-refractivity contribution in [2.75, 3.05) is 0 Å². The lowest BCUT2D eigenvalue weighted by Gasteiger charge is -2.34. The third-order valence-corrected chi connectivity index (χ3v) is 11.6. The fraction of sp³-hybridized carbons (Fsp3) is 0.510. The normalized spacial score (nSPS) is 13.8. The zero-order chi connectivity index (χ0) is 54.4. The van der Waals surface area contributed by atoms with Gasteiger partial charge < -0.3 is 57.2 Å². The molecule has 3 aromatic rings. The number of aromatic nitrogens is 2. The van der Waals surface area contributed by atoms with E-state index < -0.39 is 120 Å². The van der Waals surface area contributed by atoms with E-state index in [0.29, 0.717) is 24.1 Å². The Kier molecular flexibility index (Phi) is 23.9. The van der Waals surface area contributed by atoms with Crippen LogP contribution in [0.3, 0.4) is 0 Å². The molecule has 22 nitrogen and oxygen atoms in total. The molecule has 0 saturated carbocycles. The molecule has 0 aliphatic heterocycles. The summed E-state index contributed by atoms with van der Waals surface area (Å²) in [6.07, 6.45) is 1.65. The smallest absolute Gasteiger partial charge is 0.305 e. The lowest BCUT2D eigenvalue weighted by molar-refractivity contribution is -0.142. The number of nitrogens with one attached hydrogen (secondary N) is 6. The van der Waals surface area contributed by atoms with Crippen LogP contribution in [0.4, 0.5) is 0 Å². The van der Waals surface area contributed by atoms with E-state index in [1.165, 1.54) is 12.5 Å². The molecule has 7 amide bonds. The highest BCUT2D eigenvalue weighted by Gasteiger charge is 2.39. The second-order valence-corrected chi connectivity index (χ2v) is 19.3. The number of carboxylic acid groups (broad SMARTS) is 2. The van der Waals surface area contributed by atoms with Gasteiger partial charge in [0.25, 0.3) is 5.91 Å². The van der Waals surface area contributed by atoms with Crippen LogP contribution in [0.25, 0.3) is 0 Å². The minimum Gasteiger partial charge on any atom is -0.481 e. The van der Waals surface area contributed by atoms with Gasteiger partial charge in [-0.25, -0.2) is 4.98 Å². The maximum Gasteiger partial charge on any atom is 0.305 e. The third kappa shape index (κ3) is 20.6. The number of hydrogen-bond donors (Lipinski definition) is 9. The molecule has 6 atom stereocenters. The molecule has 0 fully saturated rings. The maximum absolute atomic E-state index is 14.7. The zero-order valence-corrected chi connectivity index (χ0v) is 42.5. The van der Waals surface area contributed by atoms with Gasteiger partial charge in [0.1, 0.15) is 36.9 Å². The van der Waals surface area contributed by atoms with Crippen molar-refractivity contribution in [1.29, 1.82) is 0 Å². The number of amides is 7. The molecule has 0 spiro atoms. The number of ether oxygens (including phenoxy) is 1. The summed E-state index contributed by atoms with van der Waals surface area (Å²) in [5.41, 5.74) is 6.84. The number of nitrogens with zero attached hydrogens (tertiary/aromatic N) is 2. The number of aliphatic carboxylic acids is 2. The van der Waals surface area contributed by atoms with Crippen LogP contribution >= 0.6 is 0 Å². The van der Waals surface area contributed by atoms with Crippen LogP contribution in [0, 0.1) is 18.3 Å². The molecule has 73 heavy (non-hydrogen) atoms. The van der Waals surface area contributed by atoms with Gasteiger partial charge in [-0.1, -0.05) is 109 Å². The van der Waals surface area contributed by atoms with Crippen LogP contribution < -0.4 is 37.6 Å². The Morgan fingerprint density at radius 3 is 1.86 bits per heavy atom. The lowest BCUT2D eigenvalue weighted by Crippen LogP contribution is -2.62. The van der Waals surface area contributed by atoms with Gasteiger partial charge in [0.05, 0.1) is 31.8 Å². The van der Waals surface area contributed by atoms with Gasteiger partial charge in [0.15, 0.2) is 0 Å². The third-order valence-electron chi connectivity index (χ3n) is 11.6. The Morgan fingerprint density at radius 1 is 0.699 bits per heavy atom. The number of ketones is 1. The number of benzene rings is 2. The average molecular weight is 1020 g/mol. The van der Waals surface area contributed by atoms with Crippen molar-refractivity contribution in [3.05, 3.63) is 89.5 Å². The standard InChI is InChI=1S/C51H71N9O13/c1-8-9-19-35(43(66)45(52)67)55-46(68)36(22-30(2)3)58-50(72)44(51(5,6)7)59-49(71)37(23-33-18-14-13-15-31(33)4)56-47(69)38(57-48(70)39(25-42(64)65)54-40(61)20-21-41(62)63)24-34-26-53-28-60(34)29-73-27-32-16-11-10-12-17-32/h10-18,26,28,30,35-39,44H,8-9,19-25,27,29H2,1-7H3,(H2,52,67)(H,54,61)(H,55,68)(H,56,69)(H,57,70)(H,58,72)(H,59,71)(H,62,63)(H,64,65)/t35-,36-,37-,38-,39-,44+/m0/s1. The molecular formula is C51H71N9O13. The SMILES string of the molecule is CCCC[C@H](NC(=O)[C@H](CC(C)C)NC(=O)[C@@H](NC(=O)[C@H](Cc1ccccc1C)NC(=O)[C@H](Cc1cncn1COCc1ccccc1)NC(=O)[C@H](CC(=O)O)NC(=O)CCC(=O)O)C(C)(C)C)C(=O)C(N)=O. The second kappa shape index (κ2) is 29.1. The van der Waals surface area contributed by atoms with Crippen molar-refractivity contribution in [1.82, 2.24) is 41.5 Å². The van der Waals surface area contributed by atoms with Crippen molar-refractivity contribution in [3.8, 4) is 0 Å². The fourth-order valence-corrected chi connectivity index (χ4v) is 7.57. The van der Waals surface area contributed by atoms with Crippen LogP contribution in [-0.4, -0.2) is 115 Å². The van der Waals surface area contributed by atoms with E-state index in [-0.39, 0.29) is 44.9 Å². The molecule has 22 heteroatoms. The Labute approximate surface area is 424 Å². The first-order valence-corrected chi connectivity index (χ1v) is 24.1. The molecule has 0 aliphatic rings. The molecule has 0 bridgehead atoms. The quantitative estimate of drug-likeness (QED) is 0.0415. The van der Waals surface area contributed by atoms with E-state index >= 15 is 0 Å². The number of carboxylic acids is 2. The largest absolute Gasteiger partial charge is 0.481 e. The number of Topliss-reactive ketones (excluding diaryl/α,β-unsaturated/α-hetero) is 1. The number of nitrogens with two attached hydrogens (primary N) is 1. The summed E-state index contributed by atoms with van der Waals surface area (Å²) < 4.78 is 7.46. The van der Waals surface area contributed by atoms with Crippen LogP contribution in [0.2, 0.25) is 0 Å². The number of carbonyl (C=O) groups excluding carboxylic acids is 8. The van der Waals surface area contributed by atoms with E-state index in [2.05, 4.69) is 36.9 Å². The summed E-state index contributed by atoms with van der Waals surface area (Å²) in [7, 11) is 0. The van der Waals surface area contributed by atoms with Gasteiger partial charge in [-0.15, -0.1) is 0 Å². The Hall–Kier alpha value is -7.49. The molecule has 2 aromatic carbocycles. The summed E-state index contributed by atoms with van der Waals surface area (Å²) >= 11 is 0. The molecular weight excluding hydrogens is 947 g/mol. The van der Waals surface area contributed by atoms with E-state index in [1.807, 2.05) is 51.1 Å². The highest BCUT2D eigenvalue weighted by molar-refractivity contribution is 6.37. The summed E-state index contributed by atoms with van der Waals surface area (Å²) in [6, 6.07) is 7.69. The van der Waals surface area contributed by atoms with Crippen molar-refractivity contribution < 1.29 is 62.9 Å². The number of primary amides is 1. The van der Waals surface area contributed by atoms with Gasteiger partial charge in [0.2, 0.25) is 41.2 Å². The van der Waals surface area contributed by atoms with Gasteiger partial charge in [-0.3, -0.25) is 47.9 Å². The lowest BCUT2D eigenvalue weighted by atomic mass is 9.85. The first kappa shape index (κ1) is 59.8. The first-order valence-electron chi connectivity index (χ1n) is 24.1. The Bertz CT molecular complexity index is 2400. The molecule has 0 saturated heterocycles. The molecule has 1 aromatic heterocycles. The molecule has 3 rings (SSSR count). The van der Waals surface area contributed by atoms with Gasteiger partial charge in [-0.2, -0.15) is 0 Å². The molecule has 0 radical (unpaired) electrons.